The molecule has 0 bridgehead atoms. The summed E-state index contributed by atoms with van der Waals surface area (Å²) < 4.78 is 0. The van der Waals surface area contributed by atoms with Crippen molar-refractivity contribution >= 4 is 18.5 Å². The third kappa shape index (κ3) is 3.32. The minimum absolute atomic E-state index is 0.495. The van der Waals surface area contributed by atoms with Gasteiger partial charge in [0.2, 0.25) is 6.41 Å². The summed E-state index contributed by atoms with van der Waals surface area (Å²) in [6.07, 6.45) is 2.75. The summed E-state index contributed by atoms with van der Waals surface area (Å²) in [4.78, 5) is 26.8. The number of hydrogen-bond acceptors (Lipinski definition) is 5. The van der Waals surface area contributed by atoms with Gasteiger partial charge in [0.15, 0.2) is 6.29 Å². The molecule has 0 unspecified atom stereocenters. The summed E-state index contributed by atoms with van der Waals surface area (Å²) >= 11 is 0. The number of aldehydes is 1. The number of carbonyl (C=O) groups excluding carboxylic acids is 2. The summed E-state index contributed by atoms with van der Waals surface area (Å²) in [5.41, 5.74) is 6.28. The van der Waals surface area contributed by atoms with Crippen molar-refractivity contribution in [1.82, 2.24) is 15.3 Å². The van der Waals surface area contributed by atoms with Crippen LogP contribution in [-0.2, 0) is 11.3 Å². The Morgan fingerprint density at radius 1 is 1.44 bits per heavy atom. The summed E-state index contributed by atoms with van der Waals surface area (Å²) in [5.74, 6) is 0.495. The van der Waals surface area contributed by atoms with E-state index >= 15 is 0 Å². The van der Waals surface area contributed by atoms with Crippen molar-refractivity contribution in [3.05, 3.63) is 23.4 Å². The van der Waals surface area contributed by atoms with Crippen molar-refractivity contribution in [2.75, 3.05) is 19.5 Å². The number of aromatic nitrogens is 1. The van der Waals surface area contributed by atoms with E-state index in [0.29, 0.717) is 24.3 Å². The predicted molar refractivity (Wildman–Crippen MR) is 59.8 cm³/mol. The molecule has 0 aliphatic carbocycles. The van der Waals surface area contributed by atoms with E-state index in [4.69, 9.17) is 0 Å². The first-order valence-corrected chi connectivity index (χ1v) is 4.71. The number of amides is 1. The molecule has 6 heteroatoms. The second kappa shape index (κ2) is 5.82. The molecule has 0 aromatic carbocycles. The Labute approximate surface area is 93.6 Å². The van der Waals surface area contributed by atoms with E-state index in [1.165, 1.54) is 6.20 Å². The number of hydrogen-bond donors (Lipinski definition) is 2. The van der Waals surface area contributed by atoms with Crippen LogP contribution in [0.1, 0.15) is 15.9 Å². The maximum atomic E-state index is 10.8. The Bertz CT molecular complexity index is 379. The number of anilines is 1. The average Bonchev–Trinajstić information content (AvgIpc) is 2.26. The quantitative estimate of drug-likeness (QED) is 0.524. The Kier molecular flexibility index (Phi) is 4.41. The van der Waals surface area contributed by atoms with Gasteiger partial charge in [-0.3, -0.25) is 20.4 Å². The number of pyridine rings is 1. The zero-order valence-corrected chi connectivity index (χ0v) is 9.23. The lowest BCUT2D eigenvalue weighted by atomic mass is 10.1. The van der Waals surface area contributed by atoms with Crippen LogP contribution in [0.3, 0.4) is 0 Å². The highest BCUT2D eigenvalue weighted by Crippen LogP contribution is 2.12. The second-order valence-electron chi connectivity index (χ2n) is 3.51. The molecule has 6 nitrogen and oxygen atoms in total. The molecule has 1 aromatic rings. The van der Waals surface area contributed by atoms with E-state index in [-0.39, 0.29) is 0 Å². The van der Waals surface area contributed by atoms with Gasteiger partial charge in [-0.05, 0) is 25.7 Å². The predicted octanol–water partition coefficient (Wildman–Crippen LogP) is 0.0286. The third-order valence-electron chi connectivity index (χ3n) is 1.90. The molecule has 0 aliphatic rings. The van der Waals surface area contributed by atoms with E-state index < -0.39 is 0 Å². The number of nitrogens with one attached hydrogen (secondary N) is 2. The topological polar surface area (TPSA) is 74.3 Å². The van der Waals surface area contributed by atoms with Gasteiger partial charge in [0.05, 0.1) is 0 Å². The maximum Gasteiger partial charge on any atom is 0.225 e. The molecule has 86 valence electrons. The van der Waals surface area contributed by atoms with Crippen molar-refractivity contribution in [2.45, 2.75) is 6.54 Å². The molecule has 16 heavy (non-hydrogen) atoms. The smallest absolute Gasteiger partial charge is 0.225 e. The molecule has 0 saturated carbocycles. The fourth-order valence-corrected chi connectivity index (χ4v) is 1.26. The SMILES string of the molecule is CN(C)Cc1cc(NNC=O)ncc1C=O. The van der Waals surface area contributed by atoms with Crippen LogP contribution < -0.4 is 10.9 Å². The molecule has 0 spiro atoms. The van der Waals surface area contributed by atoms with Gasteiger partial charge in [-0.15, -0.1) is 0 Å². The second-order valence-corrected chi connectivity index (χ2v) is 3.51. The molecule has 0 aliphatic heterocycles. The highest BCUT2D eigenvalue weighted by Gasteiger charge is 2.05. The molecule has 0 atom stereocenters. The number of carbonyl (C=O) groups is 2. The van der Waals surface area contributed by atoms with Crippen LogP contribution in [0.25, 0.3) is 0 Å². The number of rotatable bonds is 6. The number of hydrazine groups is 1. The molecule has 0 radical (unpaired) electrons. The van der Waals surface area contributed by atoms with E-state index in [0.717, 1.165) is 11.8 Å². The molecule has 1 amide bonds. The molecule has 0 saturated heterocycles. The van der Waals surface area contributed by atoms with E-state index in [1.807, 2.05) is 19.0 Å². The van der Waals surface area contributed by atoms with Crippen LogP contribution in [-0.4, -0.2) is 36.7 Å². The Balaban J connectivity index is 2.91. The first kappa shape index (κ1) is 12.1. The van der Waals surface area contributed by atoms with Crippen LogP contribution in [0.15, 0.2) is 12.3 Å². The van der Waals surface area contributed by atoms with Crippen LogP contribution >= 0.6 is 0 Å². The lowest BCUT2D eigenvalue weighted by molar-refractivity contribution is -0.109. The molecule has 1 aromatic heterocycles. The van der Waals surface area contributed by atoms with E-state index in [2.05, 4.69) is 15.8 Å². The molecule has 2 N–H and O–H groups in total. The fourth-order valence-electron chi connectivity index (χ4n) is 1.26. The minimum atomic E-state index is 0.495. The first-order chi connectivity index (χ1) is 7.67. The van der Waals surface area contributed by atoms with Crippen LogP contribution in [0, 0.1) is 0 Å². The van der Waals surface area contributed by atoms with Gasteiger partial charge >= 0.3 is 0 Å². The van der Waals surface area contributed by atoms with E-state index in [9.17, 15) is 9.59 Å². The number of nitrogens with zero attached hydrogens (tertiary/aromatic N) is 2. The molecular weight excluding hydrogens is 208 g/mol. The lowest BCUT2D eigenvalue weighted by Crippen LogP contribution is -2.20. The zero-order chi connectivity index (χ0) is 12.0. The van der Waals surface area contributed by atoms with Gasteiger partial charge in [0, 0.05) is 18.3 Å². The molecular formula is C10H14N4O2. The zero-order valence-electron chi connectivity index (χ0n) is 9.23. The van der Waals surface area contributed by atoms with Crippen molar-refractivity contribution in [3.63, 3.8) is 0 Å². The van der Waals surface area contributed by atoms with Crippen LogP contribution in [0.5, 0.6) is 0 Å². The van der Waals surface area contributed by atoms with Gasteiger partial charge in [-0.1, -0.05) is 0 Å². The standard InChI is InChI=1S/C10H14N4O2/c1-14(2)5-8-3-10(13-12-7-16)11-4-9(8)6-15/h3-4,6-7H,5H2,1-2H3,(H,11,13)(H,12,16). The minimum Gasteiger partial charge on any atom is -0.305 e. The summed E-state index contributed by atoms with van der Waals surface area (Å²) in [5, 5.41) is 0. The monoisotopic (exact) mass is 222 g/mol. The average molecular weight is 222 g/mol. The van der Waals surface area contributed by atoms with Crippen molar-refractivity contribution in [2.24, 2.45) is 0 Å². The first-order valence-electron chi connectivity index (χ1n) is 4.71. The molecule has 0 fully saturated rings. The Hall–Kier alpha value is -1.95. The van der Waals surface area contributed by atoms with Gasteiger partial charge in [0.25, 0.3) is 0 Å². The van der Waals surface area contributed by atoms with Gasteiger partial charge in [0.1, 0.15) is 5.82 Å². The van der Waals surface area contributed by atoms with Gasteiger partial charge < -0.3 is 4.90 Å². The fraction of sp³-hybridized carbons (Fsp3) is 0.300. The molecule has 1 heterocycles. The third-order valence-corrected chi connectivity index (χ3v) is 1.90. The largest absolute Gasteiger partial charge is 0.305 e. The van der Waals surface area contributed by atoms with Crippen molar-refractivity contribution in [1.29, 1.82) is 0 Å². The lowest BCUT2D eigenvalue weighted by Gasteiger charge is -2.12. The van der Waals surface area contributed by atoms with Crippen molar-refractivity contribution < 1.29 is 9.59 Å². The Morgan fingerprint density at radius 2 is 2.19 bits per heavy atom. The summed E-state index contributed by atoms with van der Waals surface area (Å²) in [6.45, 7) is 0.631. The highest BCUT2D eigenvalue weighted by molar-refractivity contribution is 5.77. The Morgan fingerprint density at radius 3 is 2.75 bits per heavy atom. The summed E-state index contributed by atoms with van der Waals surface area (Å²) in [7, 11) is 3.82. The van der Waals surface area contributed by atoms with Gasteiger partial charge in [-0.2, -0.15) is 0 Å². The molecule has 1 rings (SSSR count). The highest BCUT2D eigenvalue weighted by atomic mass is 16.1. The van der Waals surface area contributed by atoms with E-state index in [1.54, 1.807) is 6.07 Å². The normalized spacial score (nSPS) is 9.94. The van der Waals surface area contributed by atoms with Crippen molar-refractivity contribution in [3.8, 4) is 0 Å². The summed E-state index contributed by atoms with van der Waals surface area (Å²) in [6, 6.07) is 1.72. The van der Waals surface area contributed by atoms with Gasteiger partial charge in [-0.25, -0.2) is 4.98 Å². The van der Waals surface area contributed by atoms with Crippen LogP contribution in [0.4, 0.5) is 5.82 Å². The maximum absolute atomic E-state index is 10.8. The van der Waals surface area contributed by atoms with Crippen LogP contribution in [0.2, 0.25) is 0 Å².